The summed E-state index contributed by atoms with van der Waals surface area (Å²) in [6.07, 6.45) is 2.01. The lowest BCUT2D eigenvalue weighted by atomic mass is 10.3. The number of rotatable bonds is 3. The molecule has 6 nitrogen and oxygen atoms in total. The Hall–Kier alpha value is -1.34. The Morgan fingerprint density at radius 2 is 2.16 bits per heavy atom. The molecular formula is C11H12BrClN4O2. The number of aromatic amines is 1. The smallest absolute Gasteiger partial charge is 0.313 e. The number of hydrogen-bond acceptors (Lipinski definition) is 3. The molecule has 0 aliphatic heterocycles. The molecule has 2 rings (SSSR count). The first-order valence-corrected chi connectivity index (χ1v) is 6.81. The van der Waals surface area contributed by atoms with Crippen LogP contribution in [0, 0.1) is 0 Å². The predicted octanol–water partition coefficient (Wildman–Crippen LogP) is 1.30. The minimum atomic E-state index is -0.483. The largest absolute Gasteiger partial charge is 0.328 e. The van der Waals surface area contributed by atoms with Crippen LogP contribution in [0.4, 0.5) is 0 Å². The number of H-pyrrole nitrogens is 1. The second-order valence-electron chi connectivity index (χ2n) is 4.02. The van der Waals surface area contributed by atoms with Crippen molar-refractivity contribution >= 4 is 27.5 Å². The van der Waals surface area contributed by atoms with Crippen molar-refractivity contribution in [2.24, 2.45) is 7.05 Å². The molecule has 0 spiro atoms. The number of nitrogens with zero attached hydrogens (tertiary/aromatic N) is 3. The summed E-state index contributed by atoms with van der Waals surface area (Å²) in [5.74, 6) is 0. The number of nitrogens with one attached hydrogen (secondary N) is 1. The van der Waals surface area contributed by atoms with Gasteiger partial charge >= 0.3 is 5.69 Å². The van der Waals surface area contributed by atoms with Gasteiger partial charge in [0.15, 0.2) is 0 Å². The summed E-state index contributed by atoms with van der Waals surface area (Å²) >= 11 is 9.29. The van der Waals surface area contributed by atoms with E-state index in [-0.39, 0.29) is 6.54 Å². The molecule has 2 aromatic heterocycles. The van der Waals surface area contributed by atoms with E-state index in [2.05, 4.69) is 26.0 Å². The van der Waals surface area contributed by atoms with Gasteiger partial charge in [0, 0.05) is 13.2 Å². The topological polar surface area (TPSA) is 72.7 Å². The average Bonchev–Trinajstić information content (AvgIpc) is 2.65. The monoisotopic (exact) mass is 346 g/mol. The molecule has 0 saturated heterocycles. The Morgan fingerprint density at radius 1 is 1.47 bits per heavy atom. The van der Waals surface area contributed by atoms with Gasteiger partial charge in [-0.2, -0.15) is 5.10 Å². The molecule has 0 aliphatic carbocycles. The lowest BCUT2D eigenvalue weighted by molar-refractivity contribution is 0.624. The highest BCUT2D eigenvalue weighted by Gasteiger charge is 2.15. The van der Waals surface area contributed by atoms with Gasteiger partial charge in [0.1, 0.15) is 0 Å². The summed E-state index contributed by atoms with van der Waals surface area (Å²) in [6, 6.07) is 0. The molecule has 0 unspecified atom stereocenters. The molecule has 0 saturated carbocycles. The second kappa shape index (κ2) is 5.34. The van der Waals surface area contributed by atoms with Crippen LogP contribution in [0.25, 0.3) is 0 Å². The van der Waals surface area contributed by atoms with Gasteiger partial charge in [-0.15, -0.1) is 0 Å². The molecule has 19 heavy (non-hydrogen) atoms. The summed E-state index contributed by atoms with van der Waals surface area (Å²) in [5, 5.41) is 4.75. The molecule has 8 heteroatoms. The van der Waals surface area contributed by atoms with Crippen LogP contribution in [0.3, 0.4) is 0 Å². The normalized spacial score (nSPS) is 10.9. The summed E-state index contributed by atoms with van der Waals surface area (Å²) in [5.41, 5.74) is 0.491. The highest BCUT2D eigenvalue weighted by molar-refractivity contribution is 9.10. The van der Waals surface area contributed by atoms with Crippen molar-refractivity contribution < 1.29 is 0 Å². The fourth-order valence-corrected chi connectivity index (χ4v) is 2.45. The Morgan fingerprint density at radius 3 is 2.74 bits per heavy atom. The van der Waals surface area contributed by atoms with Gasteiger partial charge in [0.05, 0.1) is 27.4 Å². The minimum Gasteiger partial charge on any atom is -0.313 e. The van der Waals surface area contributed by atoms with Crippen LogP contribution in [0.5, 0.6) is 0 Å². The van der Waals surface area contributed by atoms with Crippen molar-refractivity contribution in [3.63, 3.8) is 0 Å². The van der Waals surface area contributed by atoms with Crippen molar-refractivity contribution in [3.05, 3.63) is 47.9 Å². The molecular weight excluding hydrogens is 336 g/mol. The van der Waals surface area contributed by atoms with E-state index < -0.39 is 11.2 Å². The summed E-state index contributed by atoms with van der Waals surface area (Å²) in [7, 11) is 1.73. The van der Waals surface area contributed by atoms with E-state index in [0.717, 1.165) is 10.3 Å². The molecule has 102 valence electrons. The maximum Gasteiger partial charge on any atom is 0.328 e. The fraction of sp³-hybridized carbons (Fsp3) is 0.364. The van der Waals surface area contributed by atoms with Crippen molar-refractivity contribution in [2.45, 2.75) is 19.9 Å². The Balaban J connectivity index is 2.54. The van der Waals surface area contributed by atoms with E-state index in [0.29, 0.717) is 21.6 Å². The van der Waals surface area contributed by atoms with Gasteiger partial charge in [0.2, 0.25) is 0 Å². The molecule has 2 aromatic rings. The third-order valence-electron chi connectivity index (χ3n) is 2.83. The summed E-state index contributed by atoms with van der Waals surface area (Å²) < 4.78 is 2.96. The third-order valence-corrected chi connectivity index (χ3v) is 3.83. The maximum absolute atomic E-state index is 11.9. The second-order valence-corrected chi connectivity index (χ2v) is 5.25. The Bertz CT molecular complexity index is 731. The Labute approximate surface area is 122 Å². The van der Waals surface area contributed by atoms with E-state index in [1.165, 1.54) is 6.20 Å². The van der Waals surface area contributed by atoms with E-state index >= 15 is 0 Å². The molecule has 0 aromatic carbocycles. The predicted molar refractivity (Wildman–Crippen MR) is 75.7 cm³/mol. The number of hydrogen-bond donors (Lipinski definition) is 1. The van der Waals surface area contributed by atoms with Crippen LogP contribution in [-0.2, 0) is 20.0 Å². The average molecular weight is 348 g/mol. The number of aryl methyl sites for hydroxylation is 2. The lowest BCUT2D eigenvalue weighted by Gasteiger charge is -2.05. The third kappa shape index (κ3) is 2.52. The zero-order valence-corrected chi connectivity index (χ0v) is 12.7. The maximum atomic E-state index is 11.9. The van der Waals surface area contributed by atoms with Gasteiger partial charge < -0.3 is 4.98 Å². The van der Waals surface area contributed by atoms with E-state index in [1.807, 2.05) is 6.92 Å². The van der Waals surface area contributed by atoms with E-state index in [9.17, 15) is 9.59 Å². The van der Waals surface area contributed by atoms with Crippen LogP contribution >= 0.6 is 27.5 Å². The molecule has 2 heterocycles. The first kappa shape index (κ1) is 14.1. The lowest BCUT2D eigenvalue weighted by Crippen LogP contribution is -2.35. The molecule has 0 atom stereocenters. The van der Waals surface area contributed by atoms with Gasteiger partial charge in [-0.05, 0) is 22.4 Å². The van der Waals surface area contributed by atoms with Crippen molar-refractivity contribution in [2.75, 3.05) is 0 Å². The highest BCUT2D eigenvalue weighted by atomic mass is 79.9. The van der Waals surface area contributed by atoms with E-state index in [4.69, 9.17) is 11.6 Å². The molecule has 1 N–H and O–H groups in total. The highest BCUT2D eigenvalue weighted by Crippen LogP contribution is 2.20. The van der Waals surface area contributed by atoms with Gasteiger partial charge in [-0.3, -0.25) is 14.0 Å². The van der Waals surface area contributed by atoms with Crippen molar-refractivity contribution in [3.8, 4) is 0 Å². The van der Waals surface area contributed by atoms with Gasteiger partial charge in [-0.25, -0.2) is 4.79 Å². The molecule has 0 bridgehead atoms. The van der Waals surface area contributed by atoms with Crippen LogP contribution in [0.1, 0.15) is 18.3 Å². The quantitative estimate of drug-likeness (QED) is 0.909. The zero-order chi connectivity index (χ0) is 14.2. The van der Waals surface area contributed by atoms with Gasteiger partial charge in [0.25, 0.3) is 5.56 Å². The first-order valence-electron chi connectivity index (χ1n) is 5.64. The summed E-state index contributed by atoms with van der Waals surface area (Å²) in [6.45, 7) is 2.02. The van der Waals surface area contributed by atoms with Crippen LogP contribution in [0.2, 0.25) is 5.02 Å². The Kier molecular flexibility index (Phi) is 3.96. The molecule has 0 fully saturated rings. The first-order chi connectivity index (χ1) is 8.95. The van der Waals surface area contributed by atoms with Crippen molar-refractivity contribution in [1.29, 1.82) is 0 Å². The number of halogens is 2. The molecule has 0 radical (unpaired) electrons. The standard InChI is InChI=1S/C11H12BrClN4O2/c1-3-7-9(13)8(16(2)15-7)5-17-10(18)6(12)4-14-11(17)19/h4H,3,5H2,1-2H3,(H,14,19). The number of aromatic nitrogens is 4. The van der Waals surface area contributed by atoms with Crippen molar-refractivity contribution in [1.82, 2.24) is 19.3 Å². The fourth-order valence-electron chi connectivity index (χ4n) is 1.77. The van der Waals surface area contributed by atoms with Crippen LogP contribution < -0.4 is 11.2 Å². The minimum absolute atomic E-state index is 0.0793. The zero-order valence-electron chi connectivity index (χ0n) is 10.4. The SMILES string of the molecule is CCc1nn(C)c(Cn2c(=O)[nH]cc(Br)c2=O)c1Cl. The molecule has 0 amide bonds. The van der Waals surface area contributed by atoms with E-state index in [1.54, 1.807) is 11.7 Å². The summed E-state index contributed by atoms with van der Waals surface area (Å²) in [4.78, 5) is 26.1. The van der Waals surface area contributed by atoms with Crippen LogP contribution in [-0.4, -0.2) is 19.3 Å². The van der Waals surface area contributed by atoms with Gasteiger partial charge in [-0.1, -0.05) is 18.5 Å². The molecule has 0 aliphatic rings. The van der Waals surface area contributed by atoms with Crippen LogP contribution in [0.15, 0.2) is 20.3 Å².